The van der Waals surface area contributed by atoms with E-state index in [4.69, 9.17) is 0 Å². The number of hydrogen-bond acceptors (Lipinski definition) is 3. The molecule has 2 aromatic heterocycles. The summed E-state index contributed by atoms with van der Waals surface area (Å²) in [7, 11) is 0. The monoisotopic (exact) mass is 304 g/mol. The molecule has 0 aliphatic heterocycles. The highest BCUT2D eigenvalue weighted by Gasteiger charge is 2.09. The van der Waals surface area contributed by atoms with Crippen LogP contribution in [0.25, 0.3) is 11.1 Å². The van der Waals surface area contributed by atoms with Crippen molar-refractivity contribution >= 4 is 5.78 Å². The fraction of sp³-hybridized carbons (Fsp3) is 0.105. The van der Waals surface area contributed by atoms with Crippen LogP contribution < -0.4 is 5.56 Å². The lowest BCUT2D eigenvalue weighted by Gasteiger charge is -2.07. The summed E-state index contributed by atoms with van der Waals surface area (Å²) in [5.74, 6) is -0.0843. The zero-order valence-electron chi connectivity index (χ0n) is 12.8. The normalized spacial score (nSPS) is 10.5. The third kappa shape index (κ3) is 3.26. The summed E-state index contributed by atoms with van der Waals surface area (Å²) < 4.78 is 1.44. The Hall–Kier alpha value is -3.01. The molecule has 0 aliphatic rings. The maximum absolute atomic E-state index is 12.4. The van der Waals surface area contributed by atoms with E-state index in [9.17, 15) is 9.59 Å². The molecule has 0 aliphatic carbocycles. The number of ketones is 1. The van der Waals surface area contributed by atoms with Crippen LogP contribution in [0.3, 0.4) is 0 Å². The second-order valence-corrected chi connectivity index (χ2v) is 5.36. The highest BCUT2D eigenvalue weighted by molar-refractivity contribution is 5.96. The quantitative estimate of drug-likeness (QED) is 0.696. The summed E-state index contributed by atoms with van der Waals surface area (Å²) in [6.45, 7) is 1.79. The number of aryl methyl sites for hydroxylation is 1. The van der Waals surface area contributed by atoms with Gasteiger partial charge in [-0.05, 0) is 36.2 Å². The molecule has 0 bridgehead atoms. The van der Waals surface area contributed by atoms with Gasteiger partial charge in [0.15, 0.2) is 5.78 Å². The minimum absolute atomic E-state index is 0.0507. The topological polar surface area (TPSA) is 52.0 Å². The first-order chi connectivity index (χ1) is 11.1. The van der Waals surface area contributed by atoms with Gasteiger partial charge < -0.3 is 4.57 Å². The van der Waals surface area contributed by atoms with Crippen LogP contribution in [0.1, 0.15) is 15.9 Å². The van der Waals surface area contributed by atoms with Gasteiger partial charge in [-0.25, -0.2) is 0 Å². The van der Waals surface area contributed by atoms with Crippen molar-refractivity contribution < 1.29 is 4.79 Å². The molecule has 0 N–H and O–H groups in total. The molecule has 0 spiro atoms. The van der Waals surface area contributed by atoms with Gasteiger partial charge in [-0.1, -0.05) is 30.3 Å². The number of carbonyl (C=O) groups excluding carboxylic acids is 1. The van der Waals surface area contributed by atoms with Crippen LogP contribution in [0.2, 0.25) is 0 Å². The zero-order valence-corrected chi connectivity index (χ0v) is 12.8. The van der Waals surface area contributed by atoms with Crippen molar-refractivity contribution in [2.24, 2.45) is 0 Å². The smallest absolute Gasteiger partial charge is 0.253 e. The van der Waals surface area contributed by atoms with Gasteiger partial charge in [-0.3, -0.25) is 14.6 Å². The average Bonchev–Trinajstić information content (AvgIpc) is 2.60. The van der Waals surface area contributed by atoms with Gasteiger partial charge in [0, 0.05) is 29.7 Å². The highest BCUT2D eigenvalue weighted by Crippen LogP contribution is 2.18. The van der Waals surface area contributed by atoms with Crippen molar-refractivity contribution in [1.82, 2.24) is 9.55 Å². The molecule has 0 radical (unpaired) electrons. The first-order valence-corrected chi connectivity index (χ1v) is 7.35. The molecule has 0 unspecified atom stereocenters. The van der Waals surface area contributed by atoms with Gasteiger partial charge in [-0.2, -0.15) is 0 Å². The Labute approximate surface area is 134 Å². The molecule has 0 saturated heterocycles. The van der Waals surface area contributed by atoms with Gasteiger partial charge in [0.25, 0.3) is 5.56 Å². The van der Waals surface area contributed by atoms with Crippen molar-refractivity contribution in [3.63, 3.8) is 0 Å². The van der Waals surface area contributed by atoms with Gasteiger partial charge in [0.05, 0.1) is 6.54 Å². The zero-order chi connectivity index (χ0) is 16.2. The summed E-state index contributed by atoms with van der Waals surface area (Å²) in [6.07, 6.45) is 5.11. The summed E-state index contributed by atoms with van der Waals surface area (Å²) in [4.78, 5) is 28.3. The Morgan fingerprint density at radius 2 is 1.65 bits per heavy atom. The second-order valence-electron chi connectivity index (χ2n) is 5.36. The lowest BCUT2D eigenvalue weighted by molar-refractivity contribution is 0.0971. The third-order valence-corrected chi connectivity index (χ3v) is 3.74. The molecular weight excluding hydrogens is 288 g/mol. The Morgan fingerprint density at radius 1 is 1.00 bits per heavy atom. The fourth-order valence-corrected chi connectivity index (χ4v) is 2.42. The Morgan fingerprint density at radius 3 is 2.35 bits per heavy atom. The Bertz CT molecular complexity index is 881. The number of pyridine rings is 2. The standard InChI is InChI=1S/C19H16N2O2/c1-14-3-2-12-21(19(14)23)13-18(22)17-6-4-15(5-7-17)16-8-10-20-11-9-16/h2-12H,13H2,1H3. The van der Waals surface area contributed by atoms with Crippen LogP contribution in [-0.4, -0.2) is 15.3 Å². The first kappa shape index (κ1) is 14.9. The molecule has 0 atom stereocenters. The second kappa shape index (κ2) is 6.40. The Kier molecular flexibility index (Phi) is 4.15. The van der Waals surface area contributed by atoms with E-state index >= 15 is 0 Å². The van der Waals surface area contributed by atoms with Gasteiger partial charge >= 0.3 is 0 Å². The van der Waals surface area contributed by atoms with E-state index in [-0.39, 0.29) is 17.9 Å². The summed E-state index contributed by atoms with van der Waals surface area (Å²) in [5, 5.41) is 0. The predicted octanol–water partition coefficient (Wildman–Crippen LogP) is 3.10. The van der Waals surface area contributed by atoms with E-state index in [1.807, 2.05) is 24.3 Å². The van der Waals surface area contributed by atoms with Gasteiger partial charge in [0.2, 0.25) is 0 Å². The van der Waals surface area contributed by atoms with E-state index < -0.39 is 0 Å². The van der Waals surface area contributed by atoms with Crippen molar-refractivity contribution in [3.8, 4) is 11.1 Å². The van der Waals surface area contributed by atoms with E-state index in [0.29, 0.717) is 11.1 Å². The SMILES string of the molecule is Cc1cccn(CC(=O)c2ccc(-c3ccncc3)cc2)c1=O. The number of benzene rings is 1. The van der Waals surface area contributed by atoms with Crippen molar-refractivity contribution in [2.45, 2.75) is 13.5 Å². The maximum atomic E-state index is 12.4. The van der Waals surface area contributed by atoms with E-state index in [0.717, 1.165) is 11.1 Å². The van der Waals surface area contributed by atoms with E-state index in [2.05, 4.69) is 4.98 Å². The maximum Gasteiger partial charge on any atom is 0.253 e. The van der Waals surface area contributed by atoms with Crippen molar-refractivity contribution in [3.05, 3.63) is 88.6 Å². The van der Waals surface area contributed by atoms with Gasteiger partial charge in [0.1, 0.15) is 0 Å². The summed E-state index contributed by atoms with van der Waals surface area (Å²) >= 11 is 0. The number of nitrogens with zero attached hydrogens (tertiary/aromatic N) is 2. The van der Waals surface area contributed by atoms with Crippen LogP contribution >= 0.6 is 0 Å². The van der Waals surface area contributed by atoms with Crippen molar-refractivity contribution in [1.29, 1.82) is 0 Å². The van der Waals surface area contributed by atoms with E-state index in [1.165, 1.54) is 4.57 Å². The largest absolute Gasteiger partial charge is 0.308 e. The van der Waals surface area contributed by atoms with Crippen LogP contribution in [0.5, 0.6) is 0 Å². The lowest BCUT2D eigenvalue weighted by atomic mass is 10.0. The van der Waals surface area contributed by atoms with Crippen LogP contribution in [0.4, 0.5) is 0 Å². The molecular formula is C19H16N2O2. The fourth-order valence-electron chi connectivity index (χ4n) is 2.42. The number of Topliss-reactive ketones (excluding diaryl/α,β-unsaturated/α-hetero) is 1. The summed E-state index contributed by atoms with van der Waals surface area (Å²) in [6, 6.07) is 14.7. The molecule has 0 amide bonds. The number of rotatable bonds is 4. The molecule has 114 valence electrons. The molecule has 23 heavy (non-hydrogen) atoms. The van der Waals surface area contributed by atoms with Gasteiger partial charge in [-0.15, -0.1) is 0 Å². The molecule has 3 rings (SSSR count). The highest BCUT2D eigenvalue weighted by atomic mass is 16.1. The number of carbonyl (C=O) groups is 1. The van der Waals surface area contributed by atoms with E-state index in [1.54, 1.807) is 49.8 Å². The lowest BCUT2D eigenvalue weighted by Crippen LogP contribution is -2.25. The average molecular weight is 304 g/mol. The molecule has 0 saturated carbocycles. The molecule has 4 nitrogen and oxygen atoms in total. The van der Waals surface area contributed by atoms with Crippen LogP contribution in [-0.2, 0) is 6.54 Å². The molecule has 2 heterocycles. The van der Waals surface area contributed by atoms with Crippen LogP contribution in [0.15, 0.2) is 71.9 Å². The van der Waals surface area contributed by atoms with Crippen molar-refractivity contribution in [2.75, 3.05) is 0 Å². The minimum Gasteiger partial charge on any atom is -0.308 e. The van der Waals surface area contributed by atoms with Crippen LogP contribution in [0, 0.1) is 6.92 Å². The molecule has 1 aromatic carbocycles. The number of hydrogen-bond donors (Lipinski definition) is 0. The Balaban J connectivity index is 1.81. The minimum atomic E-state index is -0.130. The summed E-state index contributed by atoms with van der Waals surface area (Å²) in [5.41, 5.74) is 3.17. The molecule has 0 fully saturated rings. The molecule has 3 aromatic rings. The predicted molar refractivity (Wildman–Crippen MR) is 89.4 cm³/mol. The number of aromatic nitrogens is 2. The third-order valence-electron chi connectivity index (χ3n) is 3.74. The first-order valence-electron chi connectivity index (χ1n) is 7.35. The molecule has 4 heteroatoms.